The van der Waals surface area contributed by atoms with E-state index in [1.54, 1.807) is 0 Å². The van der Waals surface area contributed by atoms with Crippen molar-refractivity contribution in [2.45, 2.75) is 11.8 Å². The number of benzene rings is 6. The Balaban J connectivity index is 1.36. The SMILES string of the molecule is Brc1ccc2c(c1)-c1ccc3c(c1C2)-c1ccccc1C31c2ccccc2-c2c1ccc1c2[nH]c2ccc(Br)cc21. The first-order valence-corrected chi connectivity index (χ1v) is 15.6. The number of hydrogen-bond acceptors (Lipinski definition) is 0. The lowest BCUT2D eigenvalue weighted by Crippen LogP contribution is -2.25. The van der Waals surface area contributed by atoms with E-state index in [1.807, 2.05) is 0 Å². The summed E-state index contributed by atoms with van der Waals surface area (Å²) < 4.78 is 2.23. The summed E-state index contributed by atoms with van der Waals surface area (Å²) in [4.78, 5) is 3.83. The highest BCUT2D eigenvalue weighted by atomic mass is 79.9. The first-order valence-electron chi connectivity index (χ1n) is 14.0. The molecule has 3 heteroatoms. The van der Waals surface area contributed by atoms with Crippen molar-refractivity contribution in [1.29, 1.82) is 0 Å². The maximum absolute atomic E-state index is 3.83. The van der Waals surface area contributed by atoms with Gasteiger partial charge in [0.25, 0.3) is 0 Å². The maximum Gasteiger partial charge on any atom is 0.0726 e. The van der Waals surface area contributed by atoms with Gasteiger partial charge >= 0.3 is 0 Å². The molecule has 1 atom stereocenters. The van der Waals surface area contributed by atoms with Crippen LogP contribution in [0.25, 0.3) is 55.2 Å². The van der Waals surface area contributed by atoms with E-state index in [4.69, 9.17) is 0 Å². The summed E-state index contributed by atoms with van der Waals surface area (Å²) in [7, 11) is 0. The average Bonchev–Trinajstić information content (AvgIpc) is 3.71. The van der Waals surface area contributed by atoms with Crippen molar-refractivity contribution < 1.29 is 0 Å². The molecule has 41 heavy (non-hydrogen) atoms. The zero-order valence-corrected chi connectivity index (χ0v) is 25.0. The molecule has 6 aromatic carbocycles. The van der Waals surface area contributed by atoms with Gasteiger partial charge in [0.2, 0.25) is 0 Å². The number of aromatic amines is 1. The molecule has 0 saturated carbocycles. The van der Waals surface area contributed by atoms with Crippen LogP contribution in [0.4, 0.5) is 0 Å². The van der Waals surface area contributed by atoms with Gasteiger partial charge in [0.05, 0.1) is 10.9 Å². The van der Waals surface area contributed by atoms with Crippen molar-refractivity contribution in [2.24, 2.45) is 0 Å². The van der Waals surface area contributed by atoms with Crippen molar-refractivity contribution >= 4 is 53.7 Å². The lowest BCUT2D eigenvalue weighted by molar-refractivity contribution is 0.794. The number of hydrogen-bond donors (Lipinski definition) is 1. The molecule has 0 amide bonds. The fourth-order valence-corrected chi connectivity index (χ4v) is 9.03. The summed E-state index contributed by atoms with van der Waals surface area (Å²) in [5, 5.41) is 2.53. The van der Waals surface area contributed by atoms with E-state index in [0.717, 1.165) is 15.4 Å². The van der Waals surface area contributed by atoms with Crippen LogP contribution in [-0.2, 0) is 11.8 Å². The predicted octanol–water partition coefficient (Wildman–Crippen LogP) is 10.8. The molecule has 0 aliphatic heterocycles. The molecule has 3 aliphatic rings. The number of aromatic nitrogens is 1. The smallest absolute Gasteiger partial charge is 0.0726 e. The van der Waals surface area contributed by atoms with Crippen molar-refractivity contribution in [3.63, 3.8) is 0 Å². The number of fused-ring (bicyclic) bond motifs is 18. The Morgan fingerprint density at radius 2 is 1.22 bits per heavy atom. The first-order chi connectivity index (χ1) is 20.1. The third-order valence-corrected chi connectivity index (χ3v) is 10.8. The quantitative estimate of drug-likeness (QED) is 0.168. The maximum atomic E-state index is 3.83. The van der Waals surface area contributed by atoms with Crippen LogP contribution in [0.5, 0.6) is 0 Å². The van der Waals surface area contributed by atoms with Gasteiger partial charge in [0, 0.05) is 30.8 Å². The van der Waals surface area contributed by atoms with E-state index in [0.29, 0.717) is 0 Å². The number of halogens is 2. The minimum absolute atomic E-state index is 0.353. The predicted molar refractivity (Wildman–Crippen MR) is 176 cm³/mol. The van der Waals surface area contributed by atoms with Gasteiger partial charge in [-0.1, -0.05) is 111 Å². The fourth-order valence-electron chi connectivity index (χ4n) is 8.31. The molecule has 1 nitrogen and oxygen atoms in total. The van der Waals surface area contributed by atoms with Crippen LogP contribution < -0.4 is 0 Å². The molecule has 1 heterocycles. The zero-order chi connectivity index (χ0) is 27.0. The third-order valence-electron chi connectivity index (χ3n) is 9.79. The van der Waals surface area contributed by atoms with Gasteiger partial charge in [-0.15, -0.1) is 0 Å². The Bertz CT molecular complexity index is 2320. The second kappa shape index (κ2) is 7.67. The standard InChI is InChI=1S/C38H21Br2N/c39-21-10-9-20-17-29-23(27(20)18-21)12-14-32-35(29)25-5-1-3-7-30(25)38(32)31-8-4-2-6-26(31)36-33(38)15-13-24-28-19-22(40)11-16-34(28)41-37(24)36/h1-16,18-19,41H,17H2. The Kier molecular flexibility index (Phi) is 4.25. The third kappa shape index (κ3) is 2.64. The molecule has 0 radical (unpaired) electrons. The molecule has 7 aromatic rings. The Morgan fingerprint density at radius 1 is 0.537 bits per heavy atom. The minimum Gasteiger partial charge on any atom is -0.354 e. The van der Waals surface area contributed by atoms with E-state index in [9.17, 15) is 0 Å². The van der Waals surface area contributed by atoms with Crippen LogP contribution in [0, 0.1) is 0 Å². The number of H-pyrrole nitrogens is 1. The van der Waals surface area contributed by atoms with E-state index in [2.05, 4.69) is 146 Å². The minimum atomic E-state index is -0.353. The van der Waals surface area contributed by atoms with Gasteiger partial charge in [0.15, 0.2) is 0 Å². The summed E-state index contributed by atoms with van der Waals surface area (Å²) in [5.74, 6) is 0. The van der Waals surface area contributed by atoms with Gasteiger partial charge in [-0.2, -0.15) is 0 Å². The molecule has 0 saturated heterocycles. The zero-order valence-electron chi connectivity index (χ0n) is 21.9. The highest BCUT2D eigenvalue weighted by Crippen LogP contribution is 2.65. The van der Waals surface area contributed by atoms with Crippen LogP contribution in [0.1, 0.15) is 33.4 Å². The summed E-state index contributed by atoms with van der Waals surface area (Å²) in [6.07, 6.45) is 0.968. The molecule has 1 N–H and O–H groups in total. The molecule has 0 fully saturated rings. The normalized spacial score (nSPS) is 17.0. The topological polar surface area (TPSA) is 15.8 Å². The number of nitrogens with one attached hydrogen (secondary N) is 1. The summed E-state index contributed by atoms with van der Waals surface area (Å²) in [6, 6.07) is 41.1. The van der Waals surface area contributed by atoms with Crippen LogP contribution in [0.2, 0.25) is 0 Å². The van der Waals surface area contributed by atoms with Crippen LogP contribution >= 0.6 is 31.9 Å². The van der Waals surface area contributed by atoms with Gasteiger partial charge in [-0.05, 0) is 98.0 Å². The summed E-state index contributed by atoms with van der Waals surface area (Å²) in [6.45, 7) is 0. The second-order valence-electron chi connectivity index (χ2n) is 11.6. The van der Waals surface area contributed by atoms with Gasteiger partial charge < -0.3 is 4.98 Å². The largest absolute Gasteiger partial charge is 0.354 e. The van der Waals surface area contributed by atoms with Gasteiger partial charge in [0.1, 0.15) is 0 Å². The molecule has 3 aliphatic carbocycles. The molecular formula is C38H21Br2N. The van der Waals surface area contributed by atoms with Crippen molar-refractivity contribution in [1.82, 2.24) is 4.98 Å². The monoisotopic (exact) mass is 649 g/mol. The molecule has 1 unspecified atom stereocenters. The fraction of sp³-hybridized carbons (Fsp3) is 0.0526. The van der Waals surface area contributed by atoms with Crippen molar-refractivity contribution in [3.05, 3.63) is 152 Å². The van der Waals surface area contributed by atoms with Crippen LogP contribution in [-0.4, -0.2) is 4.98 Å². The van der Waals surface area contributed by atoms with E-state index >= 15 is 0 Å². The average molecular weight is 651 g/mol. The van der Waals surface area contributed by atoms with Gasteiger partial charge in [-0.3, -0.25) is 0 Å². The lowest BCUT2D eigenvalue weighted by atomic mass is 9.70. The molecular weight excluding hydrogens is 630 g/mol. The van der Waals surface area contributed by atoms with Crippen molar-refractivity contribution in [3.8, 4) is 33.4 Å². The highest BCUT2D eigenvalue weighted by Gasteiger charge is 2.53. The molecule has 10 rings (SSSR count). The van der Waals surface area contributed by atoms with Crippen molar-refractivity contribution in [2.75, 3.05) is 0 Å². The Labute approximate surface area is 254 Å². The molecule has 0 bridgehead atoms. The molecule has 192 valence electrons. The Morgan fingerprint density at radius 3 is 2.05 bits per heavy atom. The van der Waals surface area contributed by atoms with E-state index in [-0.39, 0.29) is 5.41 Å². The number of rotatable bonds is 0. The van der Waals surface area contributed by atoms with Gasteiger partial charge in [-0.25, -0.2) is 0 Å². The second-order valence-corrected chi connectivity index (χ2v) is 13.4. The summed E-state index contributed by atoms with van der Waals surface area (Å²) in [5.41, 5.74) is 18.7. The summed E-state index contributed by atoms with van der Waals surface area (Å²) >= 11 is 7.42. The van der Waals surface area contributed by atoms with E-state index < -0.39 is 0 Å². The lowest BCUT2D eigenvalue weighted by Gasteiger charge is -2.30. The Hall–Kier alpha value is -3.92. The molecule has 1 aromatic heterocycles. The van der Waals surface area contributed by atoms with Crippen LogP contribution in [0.15, 0.2) is 118 Å². The highest BCUT2D eigenvalue weighted by molar-refractivity contribution is 9.10. The first kappa shape index (κ1) is 22.7. The van der Waals surface area contributed by atoms with E-state index in [1.165, 1.54) is 88.6 Å². The van der Waals surface area contributed by atoms with Crippen LogP contribution in [0.3, 0.4) is 0 Å². The molecule has 1 spiro atoms.